The minimum atomic E-state index is -4.60. The van der Waals surface area contributed by atoms with Gasteiger partial charge in [-0.25, -0.2) is 18.7 Å². The highest BCUT2D eigenvalue weighted by molar-refractivity contribution is 5.89. The molecule has 0 saturated heterocycles. The van der Waals surface area contributed by atoms with E-state index < -0.39 is 29.3 Å². The number of alkyl halides is 3. The zero-order valence-corrected chi connectivity index (χ0v) is 16.7. The lowest BCUT2D eigenvalue weighted by Gasteiger charge is -2.11. The predicted octanol–water partition coefficient (Wildman–Crippen LogP) is 5.01. The highest BCUT2D eigenvalue weighted by Crippen LogP contribution is 2.31. The van der Waals surface area contributed by atoms with Gasteiger partial charge in [0.05, 0.1) is 17.0 Å². The number of nitrogens with one attached hydrogen (secondary N) is 1. The Labute approximate surface area is 183 Å². The Bertz CT molecular complexity index is 1300. The number of ether oxygens (including phenoxy) is 1. The second-order valence-corrected chi connectivity index (χ2v) is 6.98. The Morgan fingerprint density at radius 2 is 1.70 bits per heavy atom. The molecule has 0 amide bonds. The topological polar surface area (TPSA) is 74.0 Å². The van der Waals surface area contributed by atoms with Gasteiger partial charge in [0.2, 0.25) is 0 Å². The molecule has 0 aliphatic rings. The van der Waals surface area contributed by atoms with Crippen LogP contribution in [-0.4, -0.2) is 16.5 Å². The van der Waals surface area contributed by atoms with Crippen molar-refractivity contribution in [3.8, 4) is 11.6 Å². The van der Waals surface area contributed by atoms with Crippen LogP contribution in [0.1, 0.15) is 11.1 Å². The third kappa shape index (κ3) is 4.92. The summed E-state index contributed by atoms with van der Waals surface area (Å²) in [5.41, 5.74) is -0.307. The number of anilines is 1. The van der Waals surface area contributed by atoms with E-state index in [0.717, 1.165) is 30.2 Å². The molecule has 170 valence electrons. The predicted molar refractivity (Wildman–Crippen MR) is 109 cm³/mol. The molecule has 0 saturated carbocycles. The average Bonchev–Trinajstić information content (AvgIpc) is 2.78. The van der Waals surface area contributed by atoms with Crippen LogP contribution < -0.4 is 14.8 Å². The molecular weight excluding hydrogens is 447 g/mol. The van der Waals surface area contributed by atoms with E-state index in [1.54, 1.807) is 12.1 Å². The van der Waals surface area contributed by atoms with Crippen molar-refractivity contribution < 1.29 is 31.4 Å². The van der Waals surface area contributed by atoms with Gasteiger partial charge in [-0.05, 0) is 36.2 Å². The maximum Gasteiger partial charge on any atom is 0.417 e. The molecule has 6 nitrogen and oxygen atoms in total. The first kappa shape index (κ1) is 22.2. The van der Waals surface area contributed by atoms with Crippen molar-refractivity contribution >= 4 is 16.7 Å². The molecule has 0 aliphatic carbocycles. The van der Waals surface area contributed by atoms with Crippen LogP contribution >= 0.6 is 0 Å². The van der Waals surface area contributed by atoms with Gasteiger partial charge >= 0.3 is 12.1 Å². The van der Waals surface area contributed by atoms with E-state index in [1.165, 1.54) is 12.1 Å². The van der Waals surface area contributed by atoms with Gasteiger partial charge in [0, 0.05) is 12.6 Å². The van der Waals surface area contributed by atoms with Crippen LogP contribution in [0.15, 0.2) is 61.1 Å². The number of aromatic nitrogens is 3. The average molecular weight is 462 g/mol. The standard InChI is InChI=1S/C22H15F5N4O2/c23-16-5-6-17(24)20-19(16)21(30-12-29-20)28-9-7-13-1-3-15(4-2-13)33-18-11-14(22(25,26)27)8-10-31(18)32/h1-6,8,10-12H,7,9H2,(H,28,29,30). The van der Waals surface area contributed by atoms with Crippen LogP contribution in [-0.2, 0) is 12.6 Å². The number of nitrogens with zero attached hydrogens (tertiary/aromatic N) is 3. The number of fused-ring (bicyclic) bond motifs is 1. The first-order valence-electron chi connectivity index (χ1n) is 9.62. The van der Waals surface area contributed by atoms with Gasteiger partial charge in [0.25, 0.3) is 0 Å². The van der Waals surface area contributed by atoms with E-state index in [4.69, 9.17) is 4.74 Å². The summed E-state index contributed by atoms with van der Waals surface area (Å²) < 4.78 is 72.0. The van der Waals surface area contributed by atoms with E-state index in [1.807, 2.05) is 0 Å². The molecule has 1 N–H and O–H groups in total. The van der Waals surface area contributed by atoms with Gasteiger partial charge in [-0.2, -0.15) is 13.2 Å². The summed E-state index contributed by atoms with van der Waals surface area (Å²) in [7, 11) is 0. The van der Waals surface area contributed by atoms with Crippen molar-refractivity contribution in [3.05, 3.63) is 89.0 Å². The summed E-state index contributed by atoms with van der Waals surface area (Å²) >= 11 is 0. The van der Waals surface area contributed by atoms with Crippen molar-refractivity contribution in [3.63, 3.8) is 0 Å². The van der Waals surface area contributed by atoms with E-state index in [-0.39, 0.29) is 27.2 Å². The second-order valence-electron chi connectivity index (χ2n) is 6.98. The molecule has 33 heavy (non-hydrogen) atoms. The Kier molecular flexibility index (Phi) is 5.95. The zero-order valence-electron chi connectivity index (χ0n) is 16.7. The SMILES string of the molecule is [O-][n+]1ccc(C(F)(F)F)cc1Oc1ccc(CCNc2ncnc3c(F)ccc(F)c23)cc1. The highest BCUT2D eigenvalue weighted by atomic mass is 19.4. The third-order valence-corrected chi connectivity index (χ3v) is 4.75. The lowest BCUT2D eigenvalue weighted by molar-refractivity contribution is -0.611. The number of hydrogen-bond donors (Lipinski definition) is 1. The summed E-state index contributed by atoms with van der Waals surface area (Å²) in [6, 6.07) is 9.62. The normalized spacial score (nSPS) is 11.5. The van der Waals surface area contributed by atoms with Crippen molar-refractivity contribution in [1.29, 1.82) is 0 Å². The van der Waals surface area contributed by atoms with Gasteiger partial charge < -0.3 is 15.3 Å². The molecule has 0 spiro atoms. The minimum absolute atomic E-state index is 0.0479. The van der Waals surface area contributed by atoms with E-state index in [2.05, 4.69) is 15.3 Å². The maximum absolute atomic E-state index is 14.1. The van der Waals surface area contributed by atoms with Gasteiger partial charge in [-0.1, -0.05) is 12.1 Å². The second kappa shape index (κ2) is 8.85. The van der Waals surface area contributed by atoms with Crippen molar-refractivity contribution in [2.75, 3.05) is 11.9 Å². The Morgan fingerprint density at radius 1 is 0.970 bits per heavy atom. The first-order chi connectivity index (χ1) is 15.7. The smallest absolute Gasteiger partial charge is 0.417 e. The Hall–Kier alpha value is -4.02. The molecule has 0 aliphatic heterocycles. The number of halogens is 5. The van der Waals surface area contributed by atoms with Crippen molar-refractivity contribution in [2.45, 2.75) is 12.6 Å². The summed E-state index contributed by atoms with van der Waals surface area (Å²) in [5.74, 6) is -1.49. The minimum Gasteiger partial charge on any atom is -0.616 e. The molecule has 11 heteroatoms. The quantitative estimate of drug-likeness (QED) is 0.248. The van der Waals surface area contributed by atoms with E-state index in [9.17, 15) is 27.2 Å². The molecule has 2 aromatic carbocycles. The lowest BCUT2D eigenvalue weighted by Crippen LogP contribution is -2.28. The van der Waals surface area contributed by atoms with Gasteiger partial charge in [0.15, 0.2) is 6.20 Å². The molecule has 0 radical (unpaired) electrons. The molecule has 0 fully saturated rings. The van der Waals surface area contributed by atoms with E-state index in [0.29, 0.717) is 25.1 Å². The molecule has 4 aromatic rings. The van der Waals surface area contributed by atoms with Crippen LogP contribution in [0, 0.1) is 16.8 Å². The summed E-state index contributed by atoms with van der Waals surface area (Å²) in [5, 5.41) is 14.6. The van der Waals surface area contributed by atoms with Crippen LogP contribution in [0.25, 0.3) is 10.9 Å². The maximum atomic E-state index is 14.1. The third-order valence-electron chi connectivity index (χ3n) is 4.75. The monoisotopic (exact) mass is 462 g/mol. The number of pyridine rings is 1. The molecule has 2 aromatic heterocycles. The molecule has 0 bridgehead atoms. The first-order valence-corrected chi connectivity index (χ1v) is 9.62. The van der Waals surface area contributed by atoms with Crippen LogP contribution in [0.2, 0.25) is 0 Å². The molecule has 0 atom stereocenters. The largest absolute Gasteiger partial charge is 0.616 e. The summed E-state index contributed by atoms with van der Waals surface area (Å²) in [6.07, 6.45) is -2.28. The number of benzene rings is 2. The van der Waals surface area contributed by atoms with Crippen LogP contribution in [0.5, 0.6) is 11.6 Å². The Morgan fingerprint density at radius 3 is 2.42 bits per heavy atom. The fourth-order valence-corrected chi connectivity index (χ4v) is 3.12. The number of hydrogen-bond acceptors (Lipinski definition) is 5. The highest BCUT2D eigenvalue weighted by Gasteiger charge is 2.33. The van der Waals surface area contributed by atoms with Crippen molar-refractivity contribution in [2.24, 2.45) is 0 Å². The van der Waals surface area contributed by atoms with Crippen LogP contribution in [0.3, 0.4) is 0 Å². The lowest BCUT2D eigenvalue weighted by atomic mass is 10.1. The fraction of sp³-hybridized carbons (Fsp3) is 0.136. The Balaban J connectivity index is 1.42. The summed E-state index contributed by atoms with van der Waals surface area (Å²) in [4.78, 5) is 7.74. The van der Waals surface area contributed by atoms with Crippen molar-refractivity contribution in [1.82, 2.24) is 9.97 Å². The van der Waals surface area contributed by atoms with E-state index >= 15 is 0 Å². The fourth-order valence-electron chi connectivity index (χ4n) is 3.12. The molecule has 0 unspecified atom stereocenters. The summed E-state index contributed by atoms with van der Waals surface area (Å²) in [6.45, 7) is 0.330. The van der Waals surface area contributed by atoms with Gasteiger partial charge in [-0.3, -0.25) is 0 Å². The molecule has 2 heterocycles. The molecule has 4 rings (SSSR count). The van der Waals surface area contributed by atoms with Crippen LogP contribution in [0.4, 0.5) is 27.8 Å². The van der Waals surface area contributed by atoms with Gasteiger partial charge in [0.1, 0.15) is 35.0 Å². The zero-order chi connectivity index (χ0) is 23.6. The molecular formula is C22H15F5N4O2. The van der Waals surface area contributed by atoms with Gasteiger partial charge in [-0.15, -0.1) is 4.73 Å². The number of rotatable bonds is 6.